The molecule has 3 heteroatoms. The molecule has 0 aliphatic carbocycles. The molecule has 0 fully saturated rings. The Morgan fingerprint density at radius 2 is 1.94 bits per heavy atom. The van der Waals surface area contributed by atoms with Gasteiger partial charge < -0.3 is 10.1 Å². The second kappa shape index (κ2) is 6.16. The Bertz CT molecular complexity index is 332. The Hall–Kier alpha value is -1.51. The fourth-order valence-electron chi connectivity index (χ4n) is 1.55. The molecule has 0 aliphatic heterocycles. The summed E-state index contributed by atoms with van der Waals surface area (Å²) in [5.74, 6) is 0.920. The predicted octanol–water partition coefficient (Wildman–Crippen LogP) is 2.67. The van der Waals surface area contributed by atoms with Crippen LogP contribution in [0.25, 0.3) is 0 Å². The smallest absolute Gasteiger partial charge is 0.220 e. The molecular weight excluding hydrogens is 202 g/mol. The highest BCUT2D eigenvalue weighted by Crippen LogP contribution is 2.19. The summed E-state index contributed by atoms with van der Waals surface area (Å²) in [4.78, 5) is 11.3. The zero-order valence-corrected chi connectivity index (χ0v) is 10.1. The largest absolute Gasteiger partial charge is 0.497 e. The molecule has 88 valence electrons. The number of carbonyl (C=O) groups excluding carboxylic acids is 1. The van der Waals surface area contributed by atoms with Gasteiger partial charge in [-0.15, -0.1) is 0 Å². The summed E-state index contributed by atoms with van der Waals surface area (Å²) in [6, 6.07) is 7.90. The Kier molecular flexibility index (Phi) is 4.83. The number of hydrogen-bond donors (Lipinski definition) is 1. The molecule has 1 rings (SSSR count). The summed E-state index contributed by atoms with van der Waals surface area (Å²) in [5.41, 5.74) is 1.12. The van der Waals surface area contributed by atoms with E-state index >= 15 is 0 Å². The van der Waals surface area contributed by atoms with Crippen molar-refractivity contribution < 1.29 is 9.53 Å². The Balaban J connectivity index is 2.74. The lowest BCUT2D eigenvalue weighted by molar-refractivity contribution is -0.121. The van der Waals surface area contributed by atoms with Crippen molar-refractivity contribution in [2.45, 2.75) is 32.7 Å². The van der Waals surface area contributed by atoms with E-state index in [0.717, 1.165) is 17.7 Å². The van der Waals surface area contributed by atoms with Gasteiger partial charge in [0, 0.05) is 6.42 Å². The zero-order valence-electron chi connectivity index (χ0n) is 10.1. The van der Waals surface area contributed by atoms with Gasteiger partial charge >= 0.3 is 0 Å². The van der Waals surface area contributed by atoms with Gasteiger partial charge in [0.2, 0.25) is 5.91 Å². The first-order chi connectivity index (χ1) is 7.71. The fourth-order valence-corrected chi connectivity index (χ4v) is 1.55. The van der Waals surface area contributed by atoms with Crippen LogP contribution < -0.4 is 10.1 Å². The van der Waals surface area contributed by atoms with Crippen LogP contribution in [-0.2, 0) is 4.79 Å². The molecule has 0 aliphatic rings. The third kappa shape index (κ3) is 3.26. The maximum absolute atomic E-state index is 11.3. The first kappa shape index (κ1) is 12.6. The molecule has 3 nitrogen and oxygen atoms in total. The molecule has 1 aromatic rings. The molecule has 1 N–H and O–H groups in total. The molecule has 0 unspecified atom stereocenters. The number of ether oxygens (including phenoxy) is 1. The fraction of sp³-hybridized carbons (Fsp3) is 0.462. The molecule has 0 bridgehead atoms. The Morgan fingerprint density at radius 3 is 2.38 bits per heavy atom. The molecule has 16 heavy (non-hydrogen) atoms. The van der Waals surface area contributed by atoms with Gasteiger partial charge in [0.15, 0.2) is 0 Å². The van der Waals surface area contributed by atoms with Crippen molar-refractivity contribution in [3.05, 3.63) is 29.8 Å². The lowest BCUT2D eigenvalue weighted by Gasteiger charge is -2.17. The van der Waals surface area contributed by atoms with Crippen LogP contribution in [0.4, 0.5) is 0 Å². The molecule has 0 heterocycles. The highest BCUT2D eigenvalue weighted by Gasteiger charge is 2.11. The minimum absolute atomic E-state index is 0.0858. The summed E-state index contributed by atoms with van der Waals surface area (Å²) < 4.78 is 5.10. The summed E-state index contributed by atoms with van der Waals surface area (Å²) in [6.07, 6.45) is 1.41. The van der Waals surface area contributed by atoms with Gasteiger partial charge in [0.05, 0.1) is 13.2 Å². The molecule has 1 aromatic carbocycles. The van der Waals surface area contributed by atoms with Gasteiger partial charge in [-0.3, -0.25) is 4.79 Å². The predicted molar refractivity (Wildman–Crippen MR) is 64.5 cm³/mol. The van der Waals surface area contributed by atoms with E-state index < -0.39 is 0 Å². The van der Waals surface area contributed by atoms with Crippen molar-refractivity contribution in [2.24, 2.45) is 0 Å². The summed E-state index contributed by atoms with van der Waals surface area (Å²) >= 11 is 0. The van der Waals surface area contributed by atoms with Gasteiger partial charge in [-0.1, -0.05) is 26.0 Å². The third-order valence-electron chi connectivity index (χ3n) is 2.58. The van der Waals surface area contributed by atoms with Gasteiger partial charge in [-0.25, -0.2) is 0 Å². The van der Waals surface area contributed by atoms with Crippen LogP contribution >= 0.6 is 0 Å². The second-order valence-electron chi connectivity index (χ2n) is 3.66. The van der Waals surface area contributed by atoms with Crippen LogP contribution in [-0.4, -0.2) is 13.0 Å². The van der Waals surface area contributed by atoms with Crippen LogP contribution in [0.5, 0.6) is 5.75 Å². The lowest BCUT2D eigenvalue weighted by atomic mass is 10.0. The van der Waals surface area contributed by atoms with Crippen LogP contribution in [0.1, 0.15) is 38.3 Å². The number of rotatable bonds is 5. The van der Waals surface area contributed by atoms with Gasteiger partial charge in [0.25, 0.3) is 0 Å². The number of carbonyl (C=O) groups is 1. The van der Waals surface area contributed by atoms with Gasteiger partial charge in [-0.05, 0) is 24.1 Å². The zero-order chi connectivity index (χ0) is 12.0. The minimum Gasteiger partial charge on any atom is -0.497 e. The monoisotopic (exact) mass is 221 g/mol. The molecule has 0 saturated heterocycles. The van der Waals surface area contributed by atoms with Crippen molar-refractivity contribution >= 4 is 5.91 Å². The summed E-state index contributed by atoms with van der Waals surface area (Å²) in [6.45, 7) is 3.92. The van der Waals surface area contributed by atoms with Crippen molar-refractivity contribution in [2.75, 3.05) is 7.11 Å². The van der Waals surface area contributed by atoms with Crippen molar-refractivity contribution in [3.63, 3.8) is 0 Å². The van der Waals surface area contributed by atoms with Gasteiger partial charge in [0.1, 0.15) is 5.75 Å². The molecule has 0 saturated carbocycles. The van der Waals surface area contributed by atoms with Crippen molar-refractivity contribution in [1.29, 1.82) is 0 Å². The summed E-state index contributed by atoms with van der Waals surface area (Å²) in [5, 5.41) is 2.99. The van der Waals surface area contributed by atoms with Crippen LogP contribution in [0.15, 0.2) is 24.3 Å². The van der Waals surface area contributed by atoms with Crippen LogP contribution in [0, 0.1) is 0 Å². The van der Waals surface area contributed by atoms with E-state index in [0.29, 0.717) is 6.42 Å². The lowest BCUT2D eigenvalue weighted by Crippen LogP contribution is -2.27. The summed E-state index contributed by atoms with van der Waals surface area (Å²) in [7, 11) is 1.64. The minimum atomic E-state index is 0.0858. The quantitative estimate of drug-likeness (QED) is 0.830. The molecule has 1 atom stereocenters. The van der Waals surface area contributed by atoms with Crippen molar-refractivity contribution in [1.82, 2.24) is 5.32 Å². The topological polar surface area (TPSA) is 38.3 Å². The van der Waals surface area contributed by atoms with E-state index in [1.807, 2.05) is 31.2 Å². The van der Waals surface area contributed by atoms with Crippen LogP contribution in [0.2, 0.25) is 0 Å². The van der Waals surface area contributed by atoms with E-state index in [-0.39, 0.29) is 11.9 Å². The number of methoxy groups -OCH3 is 1. The molecule has 0 aromatic heterocycles. The first-order valence-electron chi connectivity index (χ1n) is 5.64. The maximum atomic E-state index is 11.3. The number of amides is 1. The average Bonchev–Trinajstić information content (AvgIpc) is 2.35. The highest BCUT2D eigenvalue weighted by atomic mass is 16.5. The maximum Gasteiger partial charge on any atom is 0.220 e. The standard InChI is InChI=1S/C13H19NO2/c1-4-12(14-13(15)5-2)10-6-8-11(16-3)9-7-10/h6-9,12H,4-5H2,1-3H3,(H,14,15)/t12-/m1/s1. The van der Waals surface area contributed by atoms with Crippen LogP contribution in [0.3, 0.4) is 0 Å². The second-order valence-corrected chi connectivity index (χ2v) is 3.66. The van der Waals surface area contributed by atoms with E-state index in [4.69, 9.17) is 4.74 Å². The van der Waals surface area contributed by atoms with Crippen molar-refractivity contribution in [3.8, 4) is 5.75 Å². The normalized spacial score (nSPS) is 11.9. The number of benzene rings is 1. The van der Waals surface area contributed by atoms with Gasteiger partial charge in [-0.2, -0.15) is 0 Å². The number of hydrogen-bond acceptors (Lipinski definition) is 2. The Labute approximate surface area is 96.8 Å². The molecule has 0 spiro atoms. The molecule has 1 amide bonds. The average molecular weight is 221 g/mol. The molecular formula is C13H19NO2. The third-order valence-corrected chi connectivity index (χ3v) is 2.58. The SMILES string of the molecule is CCC(=O)N[C@H](CC)c1ccc(OC)cc1. The Morgan fingerprint density at radius 1 is 1.31 bits per heavy atom. The molecule has 0 radical (unpaired) electrons. The van der Waals surface area contributed by atoms with E-state index in [1.54, 1.807) is 7.11 Å². The highest BCUT2D eigenvalue weighted by molar-refractivity contribution is 5.76. The van der Waals surface area contributed by atoms with E-state index in [9.17, 15) is 4.79 Å². The van der Waals surface area contributed by atoms with E-state index in [1.165, 1.54) is 0 Å². The first-order valence-corrected chi connectivity index (χ1v) is 5.64. The number of nitrogens with one attached hydrogen (secondary N) is 1. The van der Waals surface area contributed by atoms with E-state index in [2.05, 4.69) is 12.2 Å².